The van der Waals surface area contributed by atoms with Crippen LogP contribution in [0.4, 0.5) is 5.69 Å². The number of hydrogen-bond acceptors (Lipinski definition) is 4. The number of rotatable bonds is 5. The van der Waals surface area contributed by atoms with Gasteiger partial charge in [-0.05, 0) is 24.6 Å². The van der Waals surface area contributed by atoms with Gasteiger partial charge < -0.3 is 22.5 Å². The fourth-order valence-corrected chi connectivity index (χ4v) is 1.40. The zero-order chi connectivity index (χ0) is 14.6. The lowest BCUT2D eigenvalue weighted by molar-refractivity contribution is -0.117. The van der Waals surface area contributed by atoms with Gasteiger partial charge in [0.15, 0.2) is 0 Å². The molecule has 3 amide bonds. The van der Waals surface area contributed by atoms with E-state index >= 15 is 0 Å². The molecule has 0 aliphatic heterocycles. The second-order valence-corrected chi connectivity index (χ2v) is 4.03. The predicted octanol–water partition coefficient (Wildman–Crippen LogP) is -0.440. The van der Waals surface area contributed by atoms with Gasteiger partial charge in [-0.2, -0.15) is 0 Å². The Morgan fingerprint density at radius 3 is 1.95 bits per heavy atom. The molecule has 19 heavy (non-hydrogen) atoms. The van der Waals surface area contributed by atoms with Crippen LogP contribution in [0.15, 0.2) is 18.2 Å². The largest absolute Gasteiger partial charge is 0.366 e. The third kappa shape index (κ3) is 3.78. The first-order valence-electron chi connectivity index (χ1n) is 5.66. The van der Waals surface area contributed by atoms with Crippen LogP contribution >= 0.6 is 0 Å². The first kappa shape index (κ1) is 14.7. The van der Waals surface area contributed by atoms with Crippen LogP contribution in [0.3, 0.4) is 0 Å². The molecular formula is C12H16N4O3. The molecule has 0 spiro atoms. The summed E-state index contributed by atoms with van der Waals surface area (Å²) in [6.07, 6.45) is 0.462. The smallest absolute Gasteiger partial charge is 0.248 e. The Hall–Kier alpha value is -2.41. The molecule has 1 unspecified atom stereocenters. The number of anilines is 1. The van der Waals surface area contributed by atoms with Crippen LogP contribution in [0.1, 0.15) is 34.1 Å². The Morgan fingerprint density at radius 2 is 1.58 bits per heavy atom. The molecule has 7 heteroatoms. The highest BCUT2D eigenvalue weighted by atomic mass is 16.2. The average molecular weight is 264 g/mol. The molecule has 1 rings (SSSR count). The summed E-state index contributed by atoms with van der Waals surface area (Å²) in [6.45, 7) is 1.76. The Morgan fingerprint density at radius 1 is 1.11 bits per heavy atom. The molecule has 0 radical (unpaired) electrons. The Labute approximate surface area is 110 Å². The van der Waals surface area contributed by atoms with E-state index in [9.17, 15) is 14.4 Å². The highest BCUT2D eigenvalue weighted by Gasteiger charge is 2.14. The summed E-state index contributed by atoms with van der Waals surface area (Å²) in [6, 6.07) is 3.30. The first-order chi connectivity index (χ1) is 8.85. The van der Waals surface area contributed by atoms with Crippen LogP contribution in [0.2, 0.25) is 0 Å². The number of carbonyl (C=O) groups is 3. The third-order valence-electron chi connectivity index (χ3n) is 2.55. The highest BCUT2D eigenvalue weighted by Crippen LogP contribution is 2.15. The van der Waals surface area contributed by atoms with Gasteiger partial charge in [-0.15, -0.1) is 0 Å². The summed E-state index contributed by atoms with van der Waals surface area (Å²) in [5.74, 6) is -1.86. The van der Waals surface area contributed by atoms with Crippen LogP contribution in [0.25, 0.3) is 0 Å². The zero-order valence-corrected chi connectivity index (χ0v) is 10.5. The molecule has 7 N–H and O–H groups in total. The maximum Gasteiger partial charge on any atom is 0.248 e. The van der Waals surface area contributed by atoms with E-state index in [1.54, 1.807) is 6.92 Å². The summed E-state index contributed by atoms with van der Waals surface area (Å²) in [7, 11) is 0. The van der Waals surface area contributed by atoms with Gasteiger partial charge in [0.05, 0.1) is 6.04 Å². The second kappa shape index (κ2) is 5.96. The van der Waals surface area contributed by atoms with Gasteiger partial charge in [0.25, 0.3) is 0 Å². The number of primary amides is 2. The molecule has 102 valence electrons. The van der Waals surface area contributed by atoms with Crippen molar-refractivity contribution in [3.05, 3.63) is 29.3 Å². The number of nitrogens with one attached hydrogen (secondary N) is 1. The minimum Gasteiger partial charge on any atom is -0.366 e. The van der Waals surface area contributed by atoms with Crippen molar-refractivity contribution in [2.24, 2.45) is 17.2 Å². The van der Waals surface area contributed by atoms with E-state index in [0.717, 1.165) is 0 Å². The van der Waals surface area contributed by atoms with E-state index in [4.69, 9.17) is 17.2 Å². The lowest BCUT2D eigenvalue weighted by atomic mass is 10.1. The Balaban J connectivity index is 3.10. The van der Waals surface area contributed by atoms with E-state index < -0.39 is 23.8 Å². The number of hydrogen-bond donors (Lipinski definition) is 4. The molecule has 0 bridgehead atoms. The van der Waals surface area contributed by atoms with E-state index in [1.165, 1.54) is 18.2 Å². The molecule has 0 heterocycles. The molecule has 0 fully saturated rings. The normalized spacial score (nSPS) is 11.7. The fraction of sp³-hybridized carbons (Fsp3) is 0.250. The van der Waals surface area contributed by atoms with Crippen molar-refractivity contribution in [2.45, 2.75) is 19.4 Å². The van der Waals surface area contributed by atoms with E-state index in [2.05, 4.69) is 5.32 Å². The molecule has 0 aromatic heterocycles. The quantitative estimate of drug-likeness (QED) is 0.572. The minimum atomic E-state index is -0.724. The summed E-state index contributed by atoms with van der Waals surface area (Å²) < 4.78 is 0. The topological polar surface area (TPSA) is 141 Å². The first-order valence-corrected chi connectivity index (χ1v) is 5.66. The maximum absolute atomic E-state index is 11.6. The summed E-state index contributed by atoms with van der Waals surface area (Å²) in [5, 5.41) is 2.50. The van der Waals surface area contributed by atoms with Gasteiger partial charge in [0.2, 0.25) is 17.7 Å². The number of nitrogens with two attached hydrogens (primary N) is 3. The predicted molar refractivity (Wildman–Crippen MR) is 70.4 cm³/mol. The molecule has 1 aromatic rings. The number of amides is 3. The van der Waals surface area contributed by atoms with Crippen molar-refractivity contribution < 1.29 is 14.4 Å². The maximum atomic E-state index is 11.6. The SMILES string of the molecule is CCC(N)C(=O)Nc1cc(C(N)=O)cc(C(N)=O)c1. The number of carbonyl (C=O) groups excluding carboxylic acids is 3. The molecule has 1 aromatic carbocycles. The fourth-order valence-electron chi connectivity index (χ4n) is 1.40. The molecular weight excluding hydrogens is 248 g/mol. The van der Waals surface area contributed by atoms with Crippen LogP contribution in [0, 0.1) is 0 Å². The lowest BCUT2D eigenvalue weighted by Crippen LogP contribution is -2.35. The van der Waals surface area contributed by atoms with Crippen molar-refractivity contribution >= 4 is 23.4 Å². The Kier molecular flexibility index (Phi) is 4.60. The van der Waals surface area contributed by atoms with Crippen molar-refractivity contribution in [1.82, 2.24) is 0 Å². The van der Waals surface area contributed by atoms with E-state index in [-0.39, 0.29) is 16.8 Å². The van der Waals surface area contributed by atoms with E-state index in [0.29, 0.717) is 6.42 Å². The molecule has 0 aliphatic carbocycles. The summed E-state index contributed by atoms with van der Waals surface area (Å²) in [5.41, 5.74) is 16.3. The van der Waals surface area contributed by atoms with Crippen LogP contribution in [0.5, 0.6) is 0 Å². The molecule has 0 saturated carbocycles. The second-order valence-electron chi connectivity index (χ2n) is 4.03. The molecule has 0 aliphatic rings. The third-order valence-corrected chi connectivity index (χ3v) is 2.55. The van der Waals surface area contributed by atoms with Gasteiger partial charge in [0.1, 0.15) is 0 Å². The molecule has 1 atom stereocenters. The molecule has 0 saturated heterocycles. The molecule has 7 nitrogen and oxygen atoms in total. The minimum absolute atomic E-state index is 0.0802. The highest BCUT2D eigenvalue weighted by molar-refractivity contribution is 6.02. The van der Waals surface area contributed by atoms with Crippen LogP contribution in [-0.2, 0) is 4.79 Å². The van der Waals surface area contributed by atoms with Gasteiger partial charge in [-0.3, -0.25) is 14.4 Å². The lowest BCUT2D eigenvalue weighted by Gasteiger charge is -2.11. The Bertz CT molecular complexity index is 495. The summed E-state index contributed by atoms with van der Waals surface area (Å²) >= 11 is 0. The average Bonchev–Trinajstić information content (AvgIpc) is 2.37. The van der Waals surface area contributed by atoms with E-state index in [1.807, 2.05) is 0 Å². The van der Waals surface area contributed by atoms with Crippen molar-refractivity contribution in [2.75, 3.05) is 5.32 Å². The number of benzene rings is 1. The van der Waals surface area contributed by atoms with Gasteiger partial charge in [-0.1, -0.05) is 6.92 Å². The summed E-state index contributed by atoms with van der Waals surface area (Å²) in [4.78, 5) is 33.9. The van der Waals surface area contributed by atoms with Gasteiger partial charge >= 0.3 is 0 Å². The standard InChI is InChI=1S/C12H16N4O3/c1-2-9(13)12(19)16-8-4-6(10(14)17)3-7(5-8)11(15)18/h3-5,9H,2,13H2,1H3,(H2,14,17)(H2,15,18)(H,16,19). The van der Waals surface area contributed by atoms with Crippen LogP contribution < -0.4 is 22.5 Å². The monoisotopic (exact) mass is 264 g/mol. The van der Waals surface area contributed by atoms with Crippen LogP contribution in [-0.4, -0.2) is 23.8 Å². The van der Waals surface area contributed by atoms with Gasteiger partial charge in [-0.25, -0.2) is 0 Å². The van der Waals surface area contributed by atoms with Gasteiger partial charge in [0, 0.05) is 16.8 Å². The zero-order valence-electron chi connectivity index (χ0n) is 10.5. The van der Waals surface area contributed by atoms with Crippen molar-refractivity contribution in [1.29, 1.82) is 0 Å². The van der Waals surface area contributed by atoms with Crippen molar-refractivity contribution in [3.8, 4) is 0 Å². The van der Waals surface area contributed by atoms with Crippen molar-refractivity contribution in [3.63, 3.8) is 0 Å².